The van der Waals surface area contributed by atoms with E-state index in [1.54, 1.807) is 41.3 Å². The number of ether oxygens (including phenoxy) is 2. The van der Waals surface area contributed by atoms with Crippen molar-refractivity contribution in [2.24, 2.45) is 0 Å². The van der Waals surface area contributed by atoms with Crippen molar-refractivity contribution in [1.29, 1.82) is 0 Å². The van der Waals surface area contributed by atoms with Crippen molar-refractivity contribution in [3.63, 3.8) is 0 Å². The van der Waals surface area contributed by atoms with Crippen LogP contribution in [0.5, 0.6) is 0 Å². The molecule has 9 nitrogen and oxygen atoms in total. The molecule has 1 atom stereocenters. The van der Waals surface area contributed by atoms with Crippen LogP contribution in [0.3, 0.4) is 0 Å². The molecule has 1 unspecified atom stereocenters. The van der Waals surface area contributed by atoms with Gasteiger partial charge in [0.25, 0.3) is 0 Å². The van der Waals surface area contributed by atoms with Gasteiger partial charge in [-0.05, 0) is 62.4 Å². The summed E-state index contributed by atoms with van der Waals surface area (Å²) in [5.41, 5.74) is 1.29. The number of nitrogens with zero attached hydrogens (tertiary/aromatic N) is 3. The van der Waals surface area contributed by atoms with E-state index in [1.807, 2.05) is 32.9 Å². The second-order valence-electron chi connectivity index (χ2n) is 11.2. The zero-order chi connectivity index (χ0) is 31.2. The number of aromatic nitrogens is 2. The third-order valence-electron chi connectivity index (χ3n) is 6.81. The number of amides is 2. The van der Waals surface area contributed by atoms with Crippen LogP contribution >= 0.6 is 0 Å². The Kier molecular flexibility index (Phi) is 9.90. The van der Waals surface area contributed by atoms with Crippen molar-refractivity contribution in [3.8, 4) is 0 Å². The lowest BCUT2D eigenvalue weighted by Gasteiger charge is -2.34. The molecule has 0 aliphatic carbocycles. The van der Waals surface area contributed by atoms with Crippen LogP contribution in [0.1, 0.15) is 54.8 Å². The molecule has 43 heavy (non-hydrogen) atoms. The van der Waals surface area contributed by atoms with Crippen molar-refractivity contribution in [2.75, 3.05) is 32.1 Å². The molecule has 2 heterocycles. The first-order valence-electron chi connectivity index (χ1n) is 14.0. The Bertz CT molecular complexity index is 1420. The molecular weight excluding hydrogens is 563 g/mol. The average molecular weight is 600 g/mol. The number of carbonyl (C=O) groups excluding carboxylic acids is 2. The van der Waals surface area contributed by atoms with E-state index < -0.39 is 23.4 Å². The van der Waals surface area contributed by atoms with Crippen LogP contribution in [0.25, 0.3) is 0 Å². The molecule has 3 aromatic rings. The minimum atomic E-state index is -4.62. The second kappa shape index (κ2) is 13.4. The normalized spacial score (nSPS) is 15.6. The van der Waals surface area contributed by atoms with E-state index in [9.17, 15) is 22.8 Å². The van der Waals surface area contributed by atoms with Crippen molar-refractivity contribution in [3.05, 3.63) is 82.7 Å². The van der Waals surface area contributed by atoms with Gasteiger partial charge in [-0.2, -0.15) is 13.2 Å². The van der Waals surface area contributed by atoms with Gasteiger partial charge < -0.3 is 25.0 Å². The van der Waals surface area contributed by atoms with Gasteiger partial charge in [-0.3, -0.25) is 4.79 Å². The monoisotopic (exact) mass is 599 g/mol. The molecule has 12 heteroatoms. The predicted molar refractivity (Wildman–Crippen MR) is 155 cm³/mol. The van der Waals surface area contributed by atoms with Crippen LogP contribution in [0.2, 0.25) is 0 Å². The van der Waals surface area contributed by atoms with Gasteiger partial charge in [-0.15, -0.1) is 0 Å². The molecule has 1 aliphatic heterocycles. The maximum Gasteiger partial charge on any atom is 0.419 e. The molecule has 2 amide bonds. The summed E-state index contributed by atoms with van der Waals surface area (Å²) in [6, 6.07) is 14.3. The third-order valence-corrected chi connectivity index (χ3v) is 6.81. The fourth-order valence-corrected chi connectivity index (χ4v) is 4.65. The average Bonchev–Trinajstić information content (AvgIpc) is 2.95. The molecule has 1 saturated heterocycles. The summed E-state index contributed by atoms with van der Waals surface area (Å²) in [6.45, 7) is 6.56. The summed E-state index contributed by atoms with van der Waals surface area (Å²) in [4.78, 5) is 34.1. The Morgan fingerprint density at radius 2 is 1.74 bits per heavy atom. The molecule has 4 rings (SSSR count). The number of morpholine rings is 1. The molecule has 1 aliphatic rings. The van der Waals surface area contributed by atoms with E-state index in [2.05, 4.69) is 20.6 Å². The number of aryl methyl sites for hydroxylation is 2. The largest absolute Gasteiger partial charge is 0.444 e. The highest BCUT2D eigenvalue weighted by Gasteiger charge is 2.35. The topological polar surface area (TPSA) is 106 Å². The fraction of sp³-hybridized carbons (Fsp3) is 0.419. The van der Waals surface area contributed by atoms with Crippen molar-refractivity contribution in [2.45, 2.75) is 57.9 Å². The number of benzene rings is 2. The molecule has 1 aromatic heterocycles. The Hall–Kier alpha value is -4.19. The lowest BCUT2D eigenvalue weighted by Crippen LogP contribution is -2.44. The number of hydrogen-bond acceptors (Lipinski definition) is 7. The van der Waals surface area contributed by atoms with Gasteiger partial charge in [0.05, 0.1) is 30.8 Å². The number of halogens is 3. The summed E-state index contributed by atoms with van der Waals surface area (Å²) in [5.74, 6) is -0.155. The highest BCUT2D eigenvalue weighted by atomic mass is 19.4. The van der Waals surface area contributed by atoms with Crippen LogP contribution in [0.4, 0.5) is 29.6 Å². The first kappa shape index (κ1) is 31.7. The standard InChI is InChI=1S/C31H36F3N5O4/c1-30(2,3)43-29(41)39-15-16-42-26(19-39)21-9-12-23(13-10-21)37-28-36-18-24(31(32,33)34)25(38-28)14-11-20-7-5-6-8-22(20)17-27(40)35-4/h5-10,12-13,18,26H,11,14-17,19H2,1-4H3,(H,35,40)(H,36,37,38). The van der Waals surface area contributed by atoms with Gasteiger partial charge in [-0.25, -0.2) is 14.8 Å². The van der Waals surface area contributed by atoms with E-state index in [1.165, 1.54) is 7.05 Å². The molecule has 1 fully saturated rings. The molecule has 0 radical (unpaired) electrons. The zero-order valence-corrected chi connectivity index (χ0v) is 24.6. The summed E-state index contributed by atoms with van der Waals surface area (Å²) >= 11 is 0. The molecule has 230 valence electrons. The number of hydrogen-bond donors (Lipinski definition) is 2. The Morgan fingerprint density at radius 3 is 2.40 bits per heavy atom. The van der Waals surface area contributed by atoms with Crippen LogP contribution in [-0.2, 0) is 39.7 Å². The Balaban J connectivity index is 1.46. The van der Waals surface area contributed by atoms with Gasteiger partial charge in [0.1, 0.15) is 11.7 Å². The minimum absolute atomic E-state index is 0.00288. The molecule has 2 aromatic carbocycles. The maximum absolute atomic E-state index is 13.8. The van der Waals surface area contributed by atoms with Crippen molar-refractivity contribution >= 4 is 23.6 Å². The molecule has 0 saturated carbocycles. The van der Waals surface area contributed by atoms with Crippen LogP contribution in [0.15, 0.2) is 54.7 Å². The van der Waals surface area contributed by atoms with E-state index in [4.69, 9.17) is 9.47 Å². The highest BCUT2D eigenvalue weighted by Crippen LogP contribution is 2.32. The first-order valence-corrected chi connectivity index (χ1v) is 14.0. The number of rotatable bonds is 8. The molecule has 0 spiro atoms. The van der Waals surface area contributed by atoms with Crippen molar-refractivity contribution in [1.82, 2.24) is 20.2 Å². The number of carbonyl (C=O) groups is 2. The van der Waals surface area contributed by atoms with E-state index in [0.29, 0.717) is 25.4 Å². The quantitative estimate of drug-likeness (QED) is 0.346. The Morgan fingerprint density at radius 1 is 1.05 bits per heavy atom. The van der Waals surface area contributed by atoms with Gasteiger partial charge in [0.2, 0.25) is 11.9 Å². The highest BCUT2D eigenvalue weighted by molar-refractivity contribution is 5.78. The van der Waals surface area contributed by atoms with Gasteiger partial charge in [-0.1, -0.05) is 36.4 Å². The van der Waals surface area contributed by atoms with Crippen LogP contribution < -0.4 is 10.6 Å². The summed E-state index contributed by atoms with van der Waals surface area (Å²) in [7, 11) is 1.54. The predicted octanol–water partition coefficient (Wildman–Crippen LogP) is 5.62. The fourth-order valence-electron chi connectivity index (χ4n) is 4.65. The smallest absolute Gasteiger partial charge is 0.419 e. The van der Waals surface area contributed by atoms with Crippen LogP contribution in [0, 0.1) is 0 Å². The van der Waals surface area contributed by atoms with Crippen LogP contribution in [-0.4, -0.2) is 59.2 Å². The van der Waals surface area contributed by atoms with E-state index in [0.717, 1.165) is 22.9 Å². The maximum atomic E-state index is 13.8. The lowest BCUT2D eigenvalue weighted by molar-refractivity contribution is -0.138. The summed E-state index contributed by atoms with van der Waals surface area (Å²) < 4.78 is 52.8. The molecule has 2 N–H and O–H groups in total. The second-order valence-corrected chi connectivity index (χ2v) is 11.2. The third kappa shape index (κ3) is 8.90. The lowest BCUT2D eigenvalue weighted by atomic mass is 9.98. The summed E-state index contributed by atoms with van der Waals surface area (Å²) in [5, 5.41) is 5.55. The first-order chi connectivity index (χ1) is 20.3. The zero-order valence-electron chi connectivity index (χ0n) is 24.6. The molecule has 0 bridgehead atoms. The number of alkyl halides is 3. The SMILES string of the molecule is CNC(=O)Cc1ccccc1CCc1nc(Nc2ccc(C3CN(C(=O)OC(C)(C)C)CCO3)cc2)ncc1C(F)(F)F. The number of likely N-dealkylation sites (N-methyl/N-ethyl adjacent to an activating group) is 1. The minimum Gasteiger partial charge on any atom is -0.444 e. The van der Waals surface area contributed by atoms with E-state index in [-0.39, 0.29) is 42.9 Å². The number of anilines is 2. The summed E-state index contributed by atoms with van der Waals surface area (Å²) in [6.07, 6.45) is -4.18. The Labute approximate surface area is 248 Å². The van der Waals surface area contributed by atoms with Gasteiger partial charge in [0.15, 0.2) is 0 Å². The van der Waals surface area contributed by atoms with Gasteiger partial charge >= 0.3 is 12.3 Å². The van der Waals surface area contributed by atoms with Crippen molar-refractivity contribution < 1.29 is 32.2 Å². The molecular formula is C31H36F3N5O4. The number of nitrogens with one attached hydrogen (secondary N) is 2. The van der Waals surface area contributed by atoms with E-state index >= 15 is 0 Å². The van der Waals surface area contributed by atoms with Gasteiger partial charge in [0, 0.05) is 25.5 Å².